The number of nitrogens with zero attached hydrogens (tertiary/aromatic N) is 1. The van der Waals surface area contributed by atoms with Crippen molar-refractivity contribution < 1.29 is 14.3 Å². The second kappa shape index (κ2) is 4.25. The fraction of sp³-hybridized carbons (Fsp3) is 0.235. The third kappa shape index (κ3) is 1.59. The quantitative estimate of drug-likeness (QED) is 0.805. The molecule has 0 saturated carbocycles. The third-order valence-electron chi connectivity index (χ3n) is 4.27. The molecule has 2 heterocycles. The van der Waals surface area contributed by atoms with Crippen LogP contribution in [0, 0.1) is 0 Å². The van der Waals surface area contributed by atoms with E-state index in [9.17, 15) is 4.79 Å². The summed E-state index contributed by atoms with van der Waals surface area (Å²) in [6.07, 6.45) is -0.329. The Morgan fingerprint density at radius 1 is 1.14 bits per heavy atom. The number of carbonyl (C=O) groups excluding carboxylic acids is 1. The first kappa shape index (κ1) is 12.3. The minimum atomic E-state index is -0.329. The number of carbonyl (C=O) groups is 1. The summed E-state index contributed by atoms with van der Waals surface area (Å²) in [5, 5.41) is 0. The van der Waals surface area contributed by atoms with Crippen LogP contribution in [0.3, 0.4) is 0 Å². The van der Waals surface area contributed by atoms with Gasteiger partial charge in [0.15, 0.2) is 0 Å². The largest absolute Gasteiger partial charge is 0.497 e. The normalized spacial score (nSPS) is 22.2. The molecule has 0 bridgehead atoms. The molecule has 21 heavy (non-hydrogen) atoms. The maximum absolute atomic E-state index is 12.6. The lowest BCUT2D eigenvalue weighted by molar-refractivity contribution is -0.00192. The maximum atomic E-state index is 12.6. The number of benzene rings is 2. The molecule has 0 aliphatic carbocycles. The average molecular weight is 281 g/mol. The summed E-state index contributed by atoms with van der Waals surface area (Å²) in [6.45, 7) is 2.03. The molecule has 0 saturated heterocycles. The number of fused-ring (bicyclic) bond motifs is 4. The predicted octanol–water partition coefficient (Wildman–Crippen LogP) is 3.30. The highest BCUT2D eigenvalue weighted by atomic mass is 16.5. The van der Waals surface area contributed by atoms with Crippen LogP contribution in [0.5, 0.6) is 11.5 Å². The summed E-state index contributed by atoms with van der Waals surface area (Å²) >= 11 is 0. The average Bonchev–Trinajstić information content (AvgIpc) is 2.81. The summed E-state index contributed by atoms with van der Waals surface area (Å²) in [6, 6.07) is 13.3. The van der Waals surface area contributed by atoms with E-state index in [0.717, 1.165) is 28.2 Å². The second-order valence-corrected chi connectivity index (χ2v) is 5.35. The molecule has 2 aromatic carbocycles. The SMILES string of the molecule is COc1ccc2c(c1)[C@H](C)N1C(=O)c3ccccc3[C@@H]1O2. The van der Waals surface area contributed by atoms with Crippen LogP contribution in [0.1, 0.15) is 40.7 Å². The first-order valence-electron chi connectivity index (χ1n) is 6.97. The molecule has 1 amide bonds. The van der Waals surface area contributed by atoms with Gasteiger partial charge in [-0.2, -0.15) is 0 Å². The Morgan fingerprint density at radius 3 is 2.76 bits per heavy atom. The van der Waals surface area contributed by atoms with Crippen molar-refractivity contribution in [3.63, 3.8) is 0 Å². The molecule has 0 radical (unpaired) electrons. The standard InChI is InChI=1S/C17H15NO3/c1-10-14-9-11(20-2)7-8-15(14)21-17-13-6-4-3-5-12(13)16(19)18(10)17/h3-10,17H,1-2H3/t10-,17-/m0/s1. The van der Waals surface area contributed by atoms with Gasteiger partial charge in [0.2, 0.25) is 6.23 Å². The van der Waals surface area contributed by atoms with E-state index >= 15 is 0 Å². The molecular weight excluding hydrogens is 266 g/mol. The van der Waals surface area contributed by atoms with Crippen molar-refractivity contribution >= 4 is 5.91 Å². The van der Waals surface area contributed by atoms with E-state index in [1.807, 2.05) is 49.4 Å². The van der Waals surface area contributed by atoms with Gasteiger partial charge in [0, 0.05) is 16.7 Å². The van der Waals surface area contributed by atoms with Crippen LogP contribution in [0.15, 0.2) is 42.5 Å². The van der Waals surface area contributed by atoms with Crippen molar-refractivity contribution in [1.29, 1.82) is 0 Å². The molecule has 2 aliphatic rings. The zero-order chi connectivity index (χ0) is 14.6. The molecule has 4 nitrogen and oxygen atoms in total. The van der Waals surface area contributed by atoms with E-state index in [4.69, 9.17) is 9.47 Å². The zero-order valence-corrected chi connectivity index (χ0v) is 11.9. The monoisotopic (exact) mass is 281 g/mol. The molecule has 0 aromatic heterocycles. The number of ether oxygens (including phenoxy) is 2. The van der Waals surface area contributed by atoms with Gasteiger partial charge < -0.3 is 9.47 Å². The Bertz CT molecular complexity index is 741. The highest BCUT2D eigenvalue weighted by Gasteiger charge is 2.44. The van der Waals surface area contributed by atoms with E-state index in [1.54, 1.807) is 12.0 Å². The molecule has 106 valence electrons. The Balaban J connectivity index is 1.85. The molecule has 0 N–H and O–H groups in total. The highest BCUT2D eigenvalue weighted by Crippen LogP contribution is 2.47. The fourth-order valence-corrected chi connectivity index (χ4v) is 3.16. The summed E-state index contributed by atoms with van der Waals surface area (Å²) in [5.41, 5.74) is 2.65. The van der Waals surface area contributed by atoms with Crippen LogP contribution in [0.4, 0.5) is 0 Å². The van der Waals surface area contributed by atoms with E-state index < -0.39 is 0 Å². The van der Waals surface area contributed by atoms with E-state index in [0.29, 0.717) is 0 Å². The van der Waals surface area contributed by atoms with Crippen molar-refractivity contribution in [1.82, 2.24) is 4.90 Å². The Morgan fingerprint density at radius 2 is 1.95 bits per heavy atom. The lowest BCUT2D eigenvalue weighted by Crippen LogP contribution is -2.37. The van der Waals surface area contributed by atoms with Gasteiger partial charge >= 0.3 is 0 Å². The summed E-state index contributed by atoms with van der Waals surface area (Å²) < 4.78 is 11.3. The lowest BCUT2D eigenvalue weighted by Gasteiger charge is -2.37. The number of amides is 1. The van der Waals surface area contributed by atoms with Gasteiger partial charge in [-0.05, 0) is 31.2 Å². The highest BCUT2D eigenvalue weighted by molar-refractivity contribution is 5.99. The molecule has 2 aromatic rings. The molecule has 0 unspecified atom stereocenters. The van der Waals surface area contributed by atoms with Gasteiger partial charge in [0.1, 0.15) is 11.5 Å². The molecule has 0 spiro atoms. The van der Waals surface area contributed by atoms with E-state index in [2.05, 4.69) is 0 Å². The van der Waals surface area contributed by atoms with Gasteiger partial charge in [-0.1, -0.05) is 18.2 Å². The number of hydrogen-bond donors (Lipinski definition) is 0. The van der Waals surface area contributed by atoms with Crippen LogP contribution in [-0.2, 0) is 0 Å². The van der Waals surface area contributed by atoms with Gasteiger partial charge in [0.05, 0.1) is 13.2 Å². The smallest absolute Gasteiger partial charge is 0.257 e. The van der Waals surface area contributed by atoms with Crippen LogP contribution in [0.2, 0.25) is 0 Å². The van der Waals surface area contributed by atoms with Gasteiger partial charge in [-0.15, -0.1) is 0 Å². The summed E-state index contributed by atoms with van der Waals surface area (Å²) in [4.78, 5) is 14.4. The van der Waals surface area contributed by atoms with Gasteiger partial charge in [-0.3, -0.25) is 9.69 Å². The predicted molar refractivity (Wildman–Crippen MR) is 77.4 cm³/mol. The zero-order valence-electron chi connectivity index (χ0n) is 11.9. The van der Waals surface area contributed by atoms with Crippen molar-refractivity contribution in [2.24, 2.45) is 0 Å². The number of methoxy groups -OCH3 is 1. The van der Waals surface area contributed by atoms with Crippen molar-refractivity contribution in [3.8, 4) is 11.5 Å². The second-order valence-electron chi connectivity index (χ2n) is 5.35. The number of rotatable bonds is 1. The fourth-order valence-electron chi connectivity index (χ4n) is 3.16. The molecule has 2 atom stereocenters. The molecule has 4 heteroatoms. The summed E-state index contributed by atoms with van der Waals surface area (Å²) in [5.74, 6) is 1.61. The van der Waals surface area contributed by atoms with Crippen molar-refractivity contribution in [2.75, 3.05) is 7.11 Å². The Kier molecular flexibility index (Phi) is 2.48. The Labute approximate surface area is 122 Å². The van der Waals surface area contributed by atoms with Crippen LogP contribution in [0.25, 0.3) is 0 Å². The van der Waals surface area contributed by atoms with Crippen molar-refractivity contribution in [2.45, 2.75) is 19.2 Å². The lowest BCUT2D eigenvalue weighted by atomic mass is 10.0. The van der Waals surface area contributed by atoms with E-state index in [-0.39, 0.29) is 18.2 Å². The molecule has 0 fully saturated rings. The number of hydrogen-bond acceptors (Lipinski definition) is 3. The topological polar surface area (TPSA) is 38.8 Å². The maximum Gasteiger partial charge on any atom is 0.257 e. The molecular formula is C17H15NO3. The van der Waals surface area contributed by atoms with E-state index in [1.165, 1.54) is 0 Å². The van der Waals surface area contributed by atoms with Crippen LogP contribution >= 0.6 is 0 Å². The van der Waals surface area contributed by atoms with Gasteiger partial charge in [-0.25, -0.2) is 0 Å². The Hall–Kier alpha value is -2.49. The first-order chi connectivity index (χ1) is 10.2. The summed E-state index contributed by atoms with van der Waals surface area (Å²) in [7, 11) is 1.63. The molecule has 4 rings (SSSR count). The third-order valence-corrected chi connectivity index (χ3v) is 4.27. The first-order valence-corrected chi connectivity index (χ1v) is 6.97. The minimum absolute atomic E-state index is 0.0246. The van der Waals surface area contributed by atoms with Gasteiger partial charge in [0.25, 0.3) is 5.91 Å². The van der Waals surface area contributed by atoms with Crippen LogP contribution < -0.4 is 9.47 Å². The molecule has 2 aliphatic heterocycles. The minimum Gasteiger partial charge on any atom is -0.497 e. The van der Waals surface area contributed by atoms with Crippen LogP contribution in [-0.4, -0.2) is 17.9 Å². The van der Waals surface area contributed by atoms with Crippen molar-refractivity contribution in [3.05, 3.63) is 59.2 Å².